The molecule has 0 saturated carbocycles. The van der Waals surface area contributed by atoms with E-state index in [-0.39, 0.29) is 5.91 Å². The van der Waals surface area contributed by atoms with Crippen molar-refractivity contribution in [1.29, 1.82) is 0 Å². The van der Waals surface area contributed by atoms with Gasteiger partial charge < -0.3 is 15.8 Å². The topological polar surface area (TPSA) is 77.2 Å². The standard InChI is InChI=1S/C13H13N3O2/c1-18-12-6-11(7-15-8-12)16-13(17)9-3-2-4-10(14)5-9/h2-8H,14H2,1H3,(H,16,17). The van der Waals surface area contributed by atoms with Crippen LogP contribution in [0.1, 0.15) is 10.4 Å². The first kappa shape index (κ1) is 11.9. The number of nitrogens with zero attached hydrogens (tertiary/aromatic N) is 1. The molecule has 1 amide bonds. The smallest absolute Gasteiger partial charge is 0.255 e. The molecule has 2 rings (SSSR count). The van der Waals surface area contributed by atoms with Crippen molar-refractivity contribution in [3.63, 3.8) is 0 Å². The first-order valence-corrected chi connectivity index (χ1v) is 5.35. The third kappa shape index (κ3) is 2.76. The van der Waals surface area contributed by atoms with E-state index in [0.717, 1.165) is 0 Å². The maximum absolute atomic E-state index is 11.9. The van der Waals surface area contributed by atoms with Crippen molar-refractivity contribution in [2.45, 2.75) is 0 Å². The van der Waals surface area contributed by atoms with Gasteiger partial charge in [0.15, 0.2) is 0 Å². The molecule has 5 heteroatoms. The SMILES string of the molecule is COc1cncc(NC(=O)c2cccc(N)c2)c1. The minimum atomic E-state index is -0.239. The van der Waals surface area contributed by atoms with Gasteiger partial charge in [-0.25, -0.2) is 0 Å². The number of pyridine rings is 1. The summed E-state index contributed by atoms with van der Waals surface area (Å²) in [6, 6.07) is 8.46. The second kappa shape index (κ2) is 5.18. The Balaban J connectivity index is 2.16. The van der Waals surface area contributed by atoms with Crippen LogP contribution in [0.25, 0.3) is 0 Å². The van der Waals surface area contributed by atoms with Gasteiger partial charge in [-0.05, 0) is 18.2 Å². The summed E-state index contributed by atoms with van der Waals surface area (Å²) >= 11 is 0. The second-order valence-electron chi connectivity index (χ2n) is 3.69. The van der Waals surface area contributed by atoms with E-state index in [0.29, 0.717) is 22.7 Å². The van der Waals surface area contributed by atoms with Crippen LogP contribution < -0.4 is 15.8 Å². The largest absolute Gasteiger partial charge is 0.495 e. The number of nitrogens with one attached hydrogen (secondary N) is 1. The molecule has 18 heavy (non-hydrogen) atoms. The summed E-state index contributed by atoms with van der Waals surface area (Å²) in [6.07, 6.45) is 3.11. The maximum atomic E-state index is 11.9. The summed E-state index contributed by atoms with van der Waals surface area (Å²) in [7, 11) is 1.54. The fourth-order valence-corrected chi connectivity index (χ4v) is 1.48. The van der Waals surface area contributed by atoms with Crippen molar-refractivity contribution >= 4 is 17.3 Å². The minimum absolute atomic E-state index is 0.239. The van der Waals surface area contributed by atoms with Gasteiger partial charge >= 0.3 is 0 Å². The molecule has 0 spiro atoms. The third-order valence-electron chi connectivity index (χ3n) is 2.36. The Bertz CT molecular complexity index is 570. The zero-order chi connectivity index (χ0) is 13.0. The van der Waals surface area contributed by atoms with Gasteiger partial charge in [-0.3, -0.25) is 9.78 Å². The molecule has 0 radical (unpaired) electrons. The number of rotatable bonds is 3. The van der Waals surface area contributed by atoms with Crippen LogP contribution in [-0.2, 0) is 0 Å². The van der Waals surface area contributed by atoms with E-state index in [2.05, 4.69) is 10.3 Å². The molecule has 92 valence electrons. The predicted octanol–water partition coefficient (Wildman–Crippen LogP) is 1.92. The van der Waals surface area contributed by atoms with E-state index in [1.54, 1.807) is 49.8 Å². The Morgan fingerprint density at radius 3 is 2.89 bits per heavy atom. The molecule has 2 aromatic rings. The summed E-state index contributed by atoms with van der Waals surface area (Å²) in [5, 5.41) is 2.72. The minimum Gasteiger partial charge on any atom is -0.495 e. The molecule has 1 heterocycles. The Kier molecular flexibility index (Phi) is 3.43. The molecule has 0 fully saturated rings. The lowest BCUT2D eigenvalue weighted by molar-refractivity contribution is 0.102. The zero-order valence-corrected chi connectivity index (χ0v) is 9.88. The number of hydrogen-bond donors (Lipinski definition) is 2. The number of carbonyl (C=O) groups is 1. The number of carbonyl (C=O) groups excluding carboxylic acids is 1. The summed E-state index contributed by atoms with van der Waals surface area (Å²) in [6.45, 7) is 0. The van der Waals surface area contributed by atoms with Crippen LogP contribution in [0.5, 0.6) is 5.75 Å². The Morgan fingerprint density at radius 2 is 2.17 bits per heavy atom. The molecule has 0 atom stereocenters. The number of nitrogens with two attached hydrogens (primary N) is 1. The van der Waals surface area contributed by atoms with E-state index in [1.807, 2.05) is 0 Å². The van der Waals surface area contributed by atoms with Crippen molar-refractivity contribution in [2.75, 3.05) is 18.2 Å². The number of benzene rings is 1. The summed E-state index contributed by atoms with van der Waals surface area (Å²) < 4.78 is 5.03. The van der Waals surface area contributed by atoms with Crippen molar-refractivity contribution in [1.82, 2.24) is 4.98 Å². The van der Waals surface area contributed by atoms with E-state index >= 15 is 0 Å². The van der Waals surface area contributed by atoms with Crippen LogP contribution in [0.3, 0.4) is 0 Å². The van der Waals surface area contributed by atoms with E-state index in [4.69, 9.17) is 10.5 Å². The summed E-state index contributed by atoms with van der Waals surface area (Å²) in [5.41, 5.74) is 7.24. The number of methoxy groups -OCH3 is 1. The highest BCUT2D eigenvalue weighted by Gasteiger charge is 2.06. The van der Waals surface area contributed by atoms with Crippen LogP contribution in [0.15, 0.2) is 42.7 Å². The number of aromatic nitrogens is 1. The number of amides is 1. The summed E-state index contributed by atoms with van der Waals surface area (Å²) in [4.78, 5) is 15.9. The van der Waals surface area contributed by atoms with Gasteiger partial charge in [0, 0.05) is 17.3 Å². The average Bonchev–Trinajstić information content (AvgIpc) is 2.39. The van der Waals surface area contributed by atoms with Gasteiger partial charge in [-0.1, -0.05) is 6.07 Å². The molecular formula is C13H13N3O2. The highest BCUT2D eigenvalue weighted by molar-refractivity contribution is 6.04. The van der Waals surface area contributed by atoms with E-state index in [1.165, 1.54) is 0 Å². The van der Waals surface area contributed by atoms with Crippen LogP contribution in [0.2, 0.25) is 0 Å². The van der Waals surface area contributed by atoms with Gasteiger partial charge in [0.1, 0.15) is 5.75 Å². The number of hydrogen-bond acceptors (Lipinski definition) is 4. The molecule has 1 aromatic carbocycles. The molecule has 0 aliphatic rings. The first-order valence-electron chi connectivity index (χ1n) is 5.35. The molecule has 1 aromatic heterocycles. The zero-order valence-electron chi connectivity index (χ0n) is 9.88. The summed E-state index contributed by atoms with van der Waals surface area (Å²) in [5.74, 6) is 0.345. The van der Waals surface area contributed by atoms with Crippen LogP contribution in [0, 0.1) is 0 Å². The normalized spacial score (nSPS) is 9.83. The van der Waals surface area contributed by atoms with Crippen molar-refractivity contribution < 1.29 is 9.53 Å². The number of anilines is 2. The molecule has 0 unspecified atom stereocenters. The third-order valence-corrected chi connectivity index (χ3v) is 2.36. The van der Waals surface area contributed by atoms with E-state index < -0.39 is 0 Å². The van der Waals surface area contributed by atoms with Crippen molar-refractivity contribution in [3.05, 3.63) is 48.3 Å². The molecule has 0 bridgehead atoms. The molecular weight excluding hydrogens is 230 g/mol. The van der Waals surface area contributed by atoms with Gasteiger partial charge in [0.05, 0.1) is 25.2 Å². The van der Waals surface area contributed by atoms with Crippen LogP contribution >= 0.6 is 0 Å². The highest BCUT2D eigenvalue weighted by Crippen LogP contribution is 2.16. The number of nitrogen functional groups attached to an aromatic ring is 1. The Labute approximate surface area is 105 Å². The fourth-order valence-electron chi connectivity index (χ4n) is 1.48. The maximum Gasteiger partial charge on any atom is 0.255 e. The molecule has 0 aliphatic carbocycles. The van der Waals surface area contributed by atoms with Gasteiger partial charge in [-0.2, -0.15) is 0 Å². The lowest BCUT2D eigenvalue weighted by Crippen LogP contribution is -2.12. The molecule has 5 nitrogen and oxygen atoms in total. The molecule has 3 N–H and O–H groups in total. The monoisotopic (exact) mass is 243 g/mol. The van der Waals surface area contributed by atoms with Gasteiger partial charge in [0.2, 0.25) is 0 Å². The fraction of sp³-hybridized carbons (Fsp3) is 0.0769. The average molecular weight is 243 g/mol. The number of ether oxygens (including phenoxy) is 1. The van der Waals surface area contributed by atoms with Gasteiger partial charge in [-0.15, -0.1) is 0 Å². The van der Waals surface area contributed by atoms with Gasteiger partial charge in [0.25, 0.3) is 5.91 Å². The second-order valence-corrected chi connectivity index (χ2v) is 3.69. The first-order chi connectivity index (χ1) is 8.69. The quantitative estimate of drug-likeness (QED) is 0.807. The predicted molar refractivity (Wildman–Crippen MR) is 69.6 cm³/mol. The molecule has 0 saturated heterocycles. The Morgan fingerprint density at radius 1 is 1.33 bits per heavy atom. The van der Waals surface area contributed by atoms with Crippen molar-refractivity contribution in [2.24, 2.45) is 0 Å². The molecule has 0 aliphatic heterocycles. The highest BCUT2D eigenvalue weighted by atomic mass is 16.5. The van der Waals surface area contributed by atoms with Crippen LogP contribution in [-0.4, -0.2) is 18.0 Å². The lowest BCUT2D eigenvalue weighted by atomic mass is 10.2. The Hall–Kier alpha value is -2.56. The van der Waals surface area contributed by atoms with E-state index in [9.17, 15) is 4.79 Å². The lowest BCUT2D eigenvalue weighted by Gasteiger charge is -2.06. The van der Waals surface area contributed by atoms with Crippen molar-refractivity contribution in [3.8, 4) is 5.75 Å². The van der Waals surface area contributed by atoms with Crippen LogP contribution in [0.4, 0.5) is 11.4 Å².